The van der Waals surface area contributed by atoms with Crippen molar-refractivity contribution in [1.29, 1.82) is 0 Å². The molecule has 3 unspecified atom stereocenters. The first-order valence-corrected chi connectivity index (χ1v) is 6.93. The van der Waals surface area contributed by atoms with Crippen LogP contribution >= 0.6 is 0 Å². The van der Waals surface area contributed by atoms with Crippen LogP contribution in [0.5, 0.6) is 0 Å². The van der Waals surface area contributed by atoms with E-state index in [-0.39, 0.29) is 11.8 Å². The van der Waals surface area contributed by atoms with E-state index >= 15 is 0 Å². The lowest BCUT2D eigenvalue weighted by Crippen LogP contribution is -2.28. The van der Waals surface area contributed by atoms with Gasteiger partial charge < -0.3 is 5.11 Å². The Morgan fingerprint density at radius 1 is 1.39 bits per heavy atom. The van der Waals surface area contributed by atoms with Gasteiger partial charge in [-0.1, -0.05) is 38.1 Å². The summed E-state index contributed by atoms with van der Waals surface area (Å²) in [5.41, 5.74) is 2.52. The van der Waals surface area contributed by atoms with Crippen LogP contribution in [0.1, 0.15) is 50.2 Å². The summed E-state index contributed by atoms with van der Waals surface area (Å²) in [7, 11) is 0. The molecule has 1 aromatic carbocycles. The van der Waals surface area contributed by atoms with Gasteiger partial charge in [-0.25, -0.2) is 0 Å². The molecule has 1 aromatic rings. The number of hydrogen-bond donors (Lipinski definition) is 1. The van der Waals surface area contributed by atoms with E-state index in [1.807, 2.05) is 0 Å². The molecule has 98 valence electrons. The average molecular weight is 246 g/mol. The topological polar surface area (TPSA) is 37.3 Å². The Morgan fingerprint density at radius 2 is 2.17 bits per heavy atom. The molecule has 0 aliphatic heterocycles. The molecule has 0 amide bonds. The molecule has 1 N–H and O–H groups in total. The minimum absolute atomic E-state index is 0.192. The summed E-state index contributed by atoms with van der Waals surface area (Å²) >= 11 is 0. The van der Waals surface area contributed by atoms with Gasteiger partial charge in [-0.05, 0) is 48.6 Å². The van der Waals surface area contributed by atoms with E-state index in [1.165, 1.54) is 11.1 Å². The van der Waals surface area contributed by atoms with Crippen molar-refractivity contribution in [2.45, 2.75) is 45.4 Å². The zero-order chi connectivity index (χ0) is 13.1. The van der Waals surface area contributed by atoms with E-state index in [9.17, 15) is 9.90 Å². The van der Waals surface area contributed by atoms with Crippen LogP contribution < -0.4 is 0 Å². The second-order valence-corrected chi connectivity index (χ2v) is 5.57. The molecule has 1 fully saturated rings. The Hall–Kier alpha value is -1.31. The van der Waals surface area contributed by atoms with Crippen molar-refractivity contribution in [2.24, 2.45) is 11.8 Å². The van der Waals surface area contributed by atoms with Gasteiger partial charge in [-0.2, -0.15) is 0 Å². The van der Waals surface area contributed by atoms with E-state index in [4.69, 9.17) is 0 Å². The third kappa shape index (κ3) is 2.74. The lowest BCUT2D eigenvalue weighted by Gasteiger charge is -2.33. The maximum absolute atomic E-state index is 11.4. The minimum atomic E-state index is -0.631. The van der Waals surface area contributed by atoms with E-state index in [2.05, 4.69) is 38.1 Å². The standard InChI is InChI=1S/C16H22O2/c1-3-12-5-4-6-13(10-12)15-9-11(2)7-8-14(15)16(17)18/h4-6,10-11,14-15H,3,7-9H2,1-2H3,(H,17,18). The van der Waals surface area contributed by atoms with Gasteiger partial charge in [-0.15, -0.1) is 0 Å². The lowest BCUT2D eigenvalue weighted by atomic mass is 9.71. The Kier molecular flexibility index (Phi) is 4.05. The van der Waals surface area contributed by atoms with Crippen molar-refractivity contribution in [3.63, 3.8) is 0 Å². The summed E-state index contributed by atoms with van der Waals surface area (Å²) in [5, 5.41) is 9.38. The van der Waals surface area contributed by atoms with Crippen molar-refractivity contribution in [3.8, 4) is 0 Å². The molecule has 2 nitrogen and oxygen atoms in total. The molecule has 1 aliphatic rings. The van der Waals surface area contributed by atoms with Crippen molar-refractivity contribution in [2.75, 3.05) is 0 Å². The predicted octanol–water partition coefficient (Wildman–Crippen LogP) is 3.85. The van der Waals surface area contributed by atoms with Crippen LogP contribution in [0.3, 0.4) is 0 Å². The van der Waals surface area contributed by atoms with E-state index in [1.54, 1.807) is 0 Å². The fraction of sp³-hybridized carbons (Fsp3) is 0.562. The van der Waals surface area contributed by atoms with Gasteiger partial charge in [0.25, 0.3) is 0 Å². The average Bonchev–Trinajstić information content (AvgIpc) is 2.38. The normalized spacial score (nSPS) is 28.0. The quantitative estimate of drug-likeness (QED) is 0.879. The molecule has 18 heavy (non-hydrogen) atoms. The molecule has 0 aromatic heterocycles. The summed E-state index contributed by atoms with van der Waals surface area (Å²) in [6.45, 7) is 4.37. The van der Waals surface area contributed by atoms with E-state index in [0.717, 1.165) is 25.7 Å². The number of rotatable bonds is 3. The first kappa shape index (κ1) is 13.1. The fourth-order valence-electron chi connectivity index (χ4n) is 3.09. The summed E-state index contributed by atoms with van der Waals surface area (Å²) in [4.78, 5) is 11.4. The van der Waals surface area contributed by atoms with Gasteiger partial charge >= 0.3 is 5.97 Å². The lowest BCUT2D eigenvalue weighted by molar-refractivity contribution is -0.143. The number of aliphatic carboxylic acids is 1. The summed E-state index contributed by atoms with van der Waals surface area (Å²) in [5.74, 6) is -0.00394. The SMILES string of the molecule is CCc1cccc(C2CC(C)CCC2C(=O)O)c1. The van der Waals surface area contributed by atoms with Crippen LogP contribution in [0.2, 0.25) is 0 Å². The highest BCUT2D eigenvalue weighted by molar-refractivity contribution is 5.71. The van der Waals surface area contributed by atoms with Gasteiger partial charge in [0, 0.05) is 0 Å². The summed E-state index contributed by atoms with van der Waals surface area (Å²) < 4.78 is 0. The molecule has 1 saturated carbocycles. The van der Waals surface area contributed by atoms with Crippen molar-refractivity contribution < 1.29 is 9.90 Å². The van der Waals surface area contributed by atoms with Crippen LogP contribution in [0.4, 0.5) is 0 Å². The number of benzene rings is 1. The largest absolute Gasteiger partial charge is 0.481 e. The van der Waals surface area contributed by atoms with Crippen LogP contribution in [-0.2, 0) is 11.2 Å². The maximum Gasteiger partial charge on any atom is 0.307 e. The number of carboxylic acid groups (broad SMARTS) is 1. The highest BCUT2D eigenvalue weighted by Gasteiger charge is 2.34. The summed E-state index contributed by atoms with van der Waals surface area (Å²) in [6, 6.07) is 8.47. The molecule has 0 bridgehead atoms. The molecular weight excluding hydrogens is 224 g/mol. The van der Waals surface area contributed by atoms with Gasteiger partial charge in [0.15, 0.2) is 0 Å². The maximum atomic E-state index is 11.4. The Balaban J connectivity index is 2.28. The number of carbonyl (C=O) groups is 1. The third-order valence-electron chi connectivity index (χ3n) is 4.22. The third-order valence-corrected chi connectivity index (χ3v) is 4.22. The molecule has 0 heterocycles. The molecule has 0 spiro atoms. The van der Waals surface area contributed by atoms with E-state index < -0.39 is 5.97 Å². The molecule has 1 aliphatic carbocycles. The smallest absolute Gasteiger partial charge is 0.307 e. The van der Waals surface area contributed by atoms with Crippen molar-refractivity contribution in [1.82, 2.24) is 0 Å². The summed E-state index contributed by atoms with van der Waals surface area (Å²) in [6.07, 6.45) is 3.87. The minimum Gasteiger partial charge on any atom is -0.481 e. The molecule has 2 rings (SSSR count). The van der Waals surface area contributed by atoms with Gasteiger partial charge in [0.1, 0.15) is 0 Å². The second-order valence-electron chi connectivity index (χ2n) is 5.57. The Labute approximate surface area is 109 Å². The first-order valence-electron chi connectivity index (χ1n) is 6.93. The Morgan fingerprint density at radius 3 is 2.83 bits per heavy atom. The molecule has 2 heteroatoms. The van der Waals surface area contributed by atoms with Crippen molar-refractivity contribution >= 4 is 5.97 Å². The number of carboxylic acids is 1. The zero-order valence-corrected chi connectivity index (χ0v) is 11.2. The van der Waals surface area contributed by atoms with Crippen LogP contribution in [0.25, 0.3) is 0 Å². The van der Waals surface area contributed by atoms with Crippen molar-refractivity contribution in [3.05, 3.63) is 35.4 Å². The van der Waals surface area contributed by atoms with Gasteiger partial charge in [-0.3, -0.25) is 4.79 Å². The van der Waals surface area contributed by atoms with Crippen LogP contribution in [0.15, 0.2) is 24.3 Å². The molecule has 0 radical (unpaired) electrons. The number of aryl methyl sites for hydroxylation is 1. The molecular formula is C16H22O2. The predicted molar refractivity (Wildman–Crippen MR) is 72.7 cm³/mol. The van der Waals surface area contributed by atoms with Crippen LogP contribution in [0, 0.1) is 11.8 Å². The second kappa shape index (κ2) is 5.55. The van der Waals surface area contributed by atoms with Crippen LogP contribution in [-0.4, -0.2) is 11.1 Å². The first-order chi connectivity index (χ1) is 8.61. The van der Waals surface area contributed by atoms with E-state index in [0.29, 0.717) is 5.92 Å². The van der Waals surface area contributed by atoms with Gasteiger partial charge in [0.05, 0.1) is 5.92 Å². The monoisotopic (exact) mass is 246 g/mol. The van der Waals surface area contributed by atoms with Gasteiger partial charge in [0.2, 0.25) is 0 Å². The highest BCUT2D eigenvalue weighted by atomic mass is 16.4. The fourth-order valence-corrected chi connectivity index (χ4v) is 3.09. The zero-order valence-electron chi connectivity index (χ0n) is 11.2. The molecule has 3 atom stereocenters. The number of hydrogen-bond acceptors (Lipinski definition) is 1. The Bertz CT molecular complexity index is 425. The highest BCUT2D eigenvalue weighted by Crippen LogP contribution is 2.40. The molecule has 0 saturated heterocycles.